The van der Waals surface area contributed by atoms with Gasteiger partial charge in [0.15, 0.2) is 0 Å². The molecule has 0 aliphatic rings. The van der Waals surface area contributed by atoms with Crippen LogP contribution < -0.4 is 0 Å². The zero-order valence-electron chi connectivity index (χ0n) is 9.94. The Hall–Kier alpha value is -1.70. The van der Waals surface area contributed by atoms with Crippen molar-refractivity contribution in [3.8, 4) is 0 Å². The fourth-order valence-electron chi connectivity index (χ4n) is 2.14. The van der Waals surface area contributed by atoms with E-state index < -0.39 is 0 Å². The molecule has 16 heavy (non-hydrogen) atoms. The largest absolute Gasteiger partial charge is 0.241 e. The third kappa shape index (κ3) is 1.96. The summed E-state index contributed by atoms with van der Waals surface area (Å²) in [5.41, 5.74) is 4.70. The van der Waals surface area contributed by atoms with Crippen molar-refractivity contribution in [2.24, 2.45) is 0 Å². The molecule has 0 saturated carbocycles. The van der Waals surface area contributed by atoms with E-state index >= 15 is 0 Å². The zero-order chi connectivity index (χ0) is 11.5. The monoisotopic (exact) mass is 212 g/mol. The Morgan fingerprint density at radius 3 is 2.06 bits per heavy atom. The third-order valence-electron chi connectivity index (χ3n) is 3.01. The summed E-state index contributed by atoms with van der Waals surface area (Å²) < 4.78 is 0. The number of benzene rings is 1. The van der Waals surface area contributed by atoms with Crippen LogP contribution in [0.5, 0.6) is 0 Å². The molecule has 2 nitrogen and oxygen atoms in total. The van der Waals surface area contributed by atoms with E-state index in [9.17, 15) is 0 Å². The highest BCUT2D eigenvalue weighted by Crippen LogP contribution is 2.27. The first-order valence-electron chi connectivity index (χ1n) is 5.53. The first-order valence-corrected chi connectivity index (χ1v) is 5.53. The molecule has 2 heteroatoms. The van der Waals surface area contributed by atoms with Crippen molar-refractivity contribution < 1.29 is 0 Å². The average Bonchev–Trinajstić information content (AvgIpc) is 2.30. The van der Waals surface area contributed by atoms with Gasteiger partial charge in [-0.05, 0) is 19.4 Å². The number of hydrogen-bond acceptors (Lipinski definition) is 2. The summed E-state index contributed by atoms with van der Waals surface area (Å²) >= 11 is 0. The van der Waals surface area contributed by atoms with Crippen molar-refractivity contribution in [1.82, 2.24) is 9.97 Å². The Morgan fingerprint density at radius 1 is 0.938 bits per heavy atom. The Kier molecular flexibility index (Phi) is 3.00. The molecule has 0 bridgehead atoms. The lowest BCUT2D eigenvalue weighted by molar-refractivity contribution is 0.852. The van der Waals surface area contributed by atoms with Gasteiger partial charge in [0, 0.05) is 22.9 Å². The van der Waals surface area contributed by atoms with Gasteiger partial charge in [-0.2, -0.15) is 0 Å². The molecule has 0 spiro atoms. The molecule has 2 aromatic rings. The zero-order valence-corrected chi connectivity index (χ0v) is 9.94. The molecule has 1 aromatic heterocycles. The molecule has 0 fully saturated rings. The predicted octanol–water partition coefficient (Wildman–Crippen LogP) is 3.25. The number of rotatable bonds is 2. The highest BCUT2D eigenvalue weighted by Gasteiger charge is 2.14. The van der Waals surface area contributed by atoms with Crippen LogP contribution in [0.15, 0.2) is 36.7 Å². The predicted molar refractivity (Wildman–Crippen MR) is 65.5 cm³/mol. The van der Waals surface area contributed by atoms with Crippen LogP contribution in [0.3, 0.4) is 0 Å². The van der Waals surface area contributed by atoms with Gasteiger partial charge >= 0.3 is 0 Å². The van der Waals surface area contributed by atoms with E-state index in [1.165, 1.54) is 11.1 Å². The van der Waals surface area contributed by atoms with Crippen LogP contribution in [0.25, 0.3) is 0 Å². The van der Waals surface area contributed by atoms with Crippen LogP contribution >= 0.6 is 0 Å². The van der Waals surface area contributed by atoms with E-state index in [1.807, 2.05) is 19.9 Å². The molecule has 0 saturated heterocycles. The molecule has 1 aromatic carbocycles. The second-order valence-electron chi connectivity index (χ2n) is 4.09. The van der Waals surface area contributed by atoms with E-state index in [2.05, 4.69) is 41.2 Å². The van der Waals surface area contributed by atoms with Crippen LogP contribution in [-0.4, -0.2) is 9.97 Å². The summed E-state index contributed by atoms with van der Waals surface area (Å²) in [6.45, 7) is 6.29. The number of aromatic nitrogens is 2. The highest BCUT2D eigenvalue weighted by atomic mass is 14.8. The van der Waals surface area contributed by atoms with Crippen molar-refractivity contribution in [3.05, 3.63) is 59.2 Å². The maximum Gasteiger partial charge on any atom is 0.115 e. The molecule has 0 aliphatic heterocycles. The molecule has 0 radical (unpaired) electrons. The summed E-state index contributed by atoms with van der Waals surface area (Å²) in [5, 5.41) is 0. The molecule has 0 aliphatic carbocycles. The highest BCUT2D eigenvalue weighted by molar-refractivity contribution is 5.35. The summed E-state index contributed by atoms with van der Waals surface area (Å²) in [7, 11) is 0. The topological polar surface area (TPSA) is 25.8 Å². The number of hydrogen-bond donors (Lipinski definition) is 0. The maximum atomic E-state index is 4.28. The Labute approximate surface area is 96.4 Å². The summed E-state index contributed by atoms with van der Waals surface area (Å²) in [6, 6.07) is 10.5. The van der Waals surface area contributed by atoms with Crippen molar-refractivity contribution in [2.45, 2.75) is 26.7 Å². The van der Waals surface area contributed by atoms with E-state index in [0.717, 1.165) is 11.4 Å². The van der Waals surface area contributed by atoms with Gasteiger partial charge in [0.2, 0.25) is 0 Å². The molecule has 0 amide bonds. The van der Waals surface area contributed by atoms with Gasteiger partial charge in [-0.1, -0.05) is 37.3 Å². The number of nitrogens with zero attached hydrogens (tertiary/aromatic N) is 2. The normalized spacial score (nSPS) is 12.4. The molecular weight excluding hydrogens is 196 g/mol. The maximum absolute atomic E-state index is 4.28. The molecule has 1 unspecified atom stereocenters. The van der Waals surface area contributed by atoms with Crippen LogP contribution in [0, 0.1) is 13.8 Å². The van der Waals surface area contributed by atoms with Crippen molar-refractivity contribution in [2.75, 3.05) is 0 Å². The second kappa shape index (κ2) is 4.44. The third-order valence-corrected chi connectivity index (χ3v) is 3.01. The summed E-state index contributed by atoms with van der Waals surface area (Å²) in [4.78, 5) is 8.55. The van der Waals surface area contributed by atoms with Crippen molar-refractivity contribution in [1.29, 1.82) is 0 Å². The van der Waals surface area contributed by atoms with Crippen molar-refractivity contribution >= 4 is 0 Å². The van der Waals surface area contributed by atoms with Gasteiger partial charge in [0.25, 0.3) is 0 Å². The minimum absolute atomic E-state index is 0.349. The molecule has 1 heterocycles. The lowest BCUT2D eigenvalue weighted by Gasteiger charge is -2.16. The fourth-order valence-corrected chi connectivity index (χ4v) is 2.14. The van der Waals surface area contributed by atoms with Gasteiger partial charge in [-0.25, -0.2) is 9.97 Å². The first-order chi connectivity index (χ1) is 7.70. The Bertz CT molecular complexity index is 457. The van der Waals surface area contributed by atoms with Crippen LogP contribution in [0.4, 0.5) is 0 Å². The van der Waals surface area contributed by atoms with E-state index in [1.54, 1.807) is 6.33 Å². The lowest BCUT2D eigenvalue weighted by Crippen LogP contribution is -2.04. The summed E-state index contributed by atoms with van der Waals surface area (Å²) in [6.07, 6.45) is 1.63. The van der Waals surface area contributed by atoms with Crippen LogP contribution in [0.2, 0.25) is 0 Å². The average molecular weight is 212 g/mol. The van der Waals surface area contributed by atoms with Crippen LogP contribution in [-0.2, 0) is 0 Å². The van der Waals surface area contributed by atoms with Crippen molar-refractivity contribution in [3.63, 3.8) is 0 Å². The van der Waals surface area contributed by atoms with E-state index in [4.69, 9.17) is 0 Å². The Morgan fingerprint density at radius 2 is 1.50 bits per heavy atom. The van der Waals surface area contributed by atoms with Crippen LogP contribution in [0.1, 0.15) is 35.4 Å². The molecule has 0 N–H and O–H groups in total. The minimum Gasteiger partial charge on any atom is -0.241 e. The first kappa shape index (κ1) is 10.8. The standard InChI is InChI=1S/C14H16N2/c1-10(13-7-5-4-6-8-13)14-11(2)15-9-16-12(14)3/h4-10H,1-3H3. The fraction of sp³-hybridized carbons (Fsp3) is 0.286. The Balaban J connectivity index is 2.46. The molecule has 1 atom stereocenters. The SMILES string of the molecule is Cc1ncnc(C)c1C(C)c1ccccc1. The molecule has 2 rings (SSSR count). The second-order valence-corrected chi connectivity index (χ2v) is 4.09. The molecular formula is C14H16N2. The van der Waals surface area contributed by atoms with Gasteiger partial charge < -0.3 is 0 Å². The molecule has 82 valence electrons. The van der Waals surface area contributed by atoms with Gasteiger partial charge in [-0.3, -0.25) is 0 Å². The lowest BCUT2D eigenvalue weighted by atomic mass is 9.91. The summed E-state index contributed by atoms with van der Waals surface area (Å²) in [5.74, 6) is 0.349. The minimum atomic E-state index is 0.349. The van der Waals surface area contributed by atoms with Gasteiger partial charge in [0.1, 0.15) is 6.33 Å². The number of aryl methyl sites for hydroxylation is 2. The van der Waals surface area contributed by atoms with E-state index in [-0.39, 0.29) is 0 Å². The van der Waals surface area contributed by atoms with Gasteiger partial charge in [0.05, 0.1) is 0 Å². The van der Waals surface area contributed by atoms with E-state index in [0.29, 0.717) is 5.92 Å². The smallest absolute Gasteiger partial charge is 0.115 e. The van der Waals surface area contributed by atoms with Gasteiger partial charge in [-0.15, -0.1) is 0 Å². The quantitative estimate of drug-likeness (QED) is 0.763.